The van der Waals surface area contributed by atoms with E-state index in [1.165, 1.54) is 11.1 Å². The molecule has 7 aromatic rings. The molecule has 1 N–H and O–H groups in total. The van der Waals surface area contributed by atoms with E-state index in [4.69, 9.17) is 4.42 Å². The molecule has 2 nitrogen and oxygen atoms in total. The Labute approximate surface area is 226 Å². The number of nitrogens with one attached hydrogen (secondary N) is 1. The lowest BCUT2D eigenvalue weighted by atomic mass is 9.86. The van der Waals surface area contributed by atoms with Crippen molar-refractivity contribution in [2.45, 2.75) is 0 Å². The molecule has 0 amide bonds. The molecule has 7 rings (SSSR count). The predicted molar refractivity (Wildman–Crippen MR) is 166 cm³/mol. The molecule has 1 aromatic heterocycles. The Hall–Kier alpha value is -5.21. The molecule has 0 atom stereocenters. The van der Waals surface area contributed by atoms with Crippen LogP contribution in [0.25, 0.3) is 60.2 Å². The monoisotopic (exact) mass is 499 g/mol. The number of benzene rings is 6. The van der Waals surface area contributed by atoms with Crippen LogP contribution >= 0.6 is 0 Å². The molecule has 39 heavy (non-hydrogen) atoms. The summed E-state index contributed by atoms with van der Waals surface area (Å²) in [7, 11) is 0. The fraction of sp³-hybridized carbons (Fsp3) is 0. The Bertz CT molecular complexity index is 2040. The second-order valence-corrected chi connectivity index (χ2v) is 9.76. The number of rotatable bonds is 5. The van der Waals surface area contributed by atoms with Crippen molar-refractivity contribution in [3.05, 3.63) is 151 Å². The molecule has 2 heteroatoms. The summed E-state index contributed by atoms with van der Waals surface area (Å²) >= 11 is 0. The van der Waals surface area contributed by atoms with E-state index in [0.717, 1.165) is 60.2 Å². The van der Waals surface area contributed by atoms with Gasteiger partial charge in [0.05, 0.1) is 5.71 Å². The van der Waals surface area contributed by atoms with E-state index in [0.29, 0.717) is 5.71 Å². The Balaban J connectivity index is 1.36. The average Bonchev–Trinajstić information content (AvgIpc) is 3.38. The van der Waals surface area contributed by atoms with Gasteiger partial charge >= 0.3 is 0 Å². The van der Waals surface area contributed by atoms with Gasteiger partial charge in [0.15, 0.2) is 0 Å². The summed E-state index contributed by atoms with van der Waals surface area (Å²) in [5.41, 5.74) is 7.16. The minimum absolute atomic E-state index is 0.444. The highest BCUT2D eigenvalue weighted by molar-refractivity contribution is 6.28. The number of para-hydroxylation sites is 2. The molecule has 1 heterocycles. The molecule has 0 aliphatic heterocycles. The summed E-state index contributed by atoms with van der Waals surface area (Å²) in [6, 6.07) is 41.5. The van der Waals surface area contributed by atoms with Crippen molar-refractivity contribution in [2.24, 2.45) is 0 Å². The van der Waals surface area contributed by atoms with E-state index in [1.54, 1.807) is 0 Å². The van der Waals surface area contributed by atoms with Crippen molar-refractivity contribution in [3.63, 3.8) is 0 Å². The SMILES string of the molecule is C=C(/C=C\C(=N)c1c2ccccc2c(-c2ccccc2)c2ccccc12)c1cccc2c1oc1ccccc12. The number of furan rings is 1. The molecule has 0 fully saturated rings. The predicted octanol–water partition coefficient (Wildman–Crippen LogP) is 10.2. The Morgan fingerprint density at radius 3 is 1.82 bits per heavy atom. The van der Waals surface area contributed by atoms with Gasteiger partial charge in [-0.3, -0.25) is 0 Å². The summed E-state index contributed by atoms with van der Waals surface area (Å²) in [4.78, 5) is 0. The standard InChI is InChI=1S/C37H25NO/c1-24(26-19-11-20-32-27-14-9-10-21-34(27)39-37(26)32)22-23-33(38)36-30-17-7-5-15-28(30)35(25-12-3-2-4-13-25)29-16-6-8-18-31(29)36/h2-23,38H,1H2/b23-22-,38-33?. The van der Waals surface area contributed by atoms with Gasteiger partial charge in [0.1, 0.15) is 11.2 Å². The molecule has 0 saturated carbocycles. The van der Waals surface area contributed by atoms with Gasteiger partial charge in [0, 0.05) is 21.9 Å². The summed E-state index contributed by atoms with van der Waals surface area (Å²) in [6.45, 7) is 4.35. The first-order valence-electron chi connectivity index (χ1n) is 13.1. The van der Waals surface area contributed by atoms with E-state index >= 15 is 0 Å². The minimum atomic E-state index is 0.444. The zero-order chi connectivity index (χ0) is 26.3. The third-order valence-corrected chi connectivity index (χ3v) is 7.46. The van der Waals surface area contributed by atoms with Crippen molar-refractivity contribution in [1.29, 1.82) is 5.41 Å². The van der Waals surface area contributed by atoms with Crippen LogP contribution in [0.4, 0.5) is 0 Å². The van der Waals surface area contributed by atoms with Crippen LogP contribution in [0.15, 0.2) is 144 Å². The largest absolute Gasteiger partial charge is 0.455 e. The smallest absolute Gasteiger partial charge is 0.143 e. The van der Waals surface area contributed by atoms with Gasteiger partial charge in [-0.05, 0) is 50.4 Å². The van der Waals surface area contributed by atoms with Crippen LogP contribution < -0.4 is 0 Å². The summed E-state index contributed by atoms with van der Waals surface area (Å²) in [5.74, 6) is 0. The molecule has 0 bridgehead atoms. The van der Waals surface area contributed by atoms with Gasteiger partial charge in [0.25, 0.3) is 0 Å². The Morgan fingerprint density at radius 2 is 1.13 bits per heavy atom. The zero-order valence-electron chi connectivity index (χ0n) is 21.3. The molecule has 0 aliphatic carbocycles. The van der Waals surface area contributed by atoms with Gasteiger partial charge in [-0.15, -0.1) is 0 Å². The number of fused-ring (bicyclic) bond motifs is 5. The highest BCUT2D eigenvalue weighted by Gasteiger charge is 2.17. The lowest BCUT2D eigenvalue weighted by Gasteiger charge is -2.17. The molecule has 0 saturated heterocycles. The van der Waals surface area contributed by atoms with Crippen molar-refractivity contribution in [1.82, 2.24) is 0 Å². The minimum Gasteiger partial charge on any atom is -0.455 e. The topological polar surface area (TPSA) is 37.0 Å². The highest BCUT2D eigenvalue weighted by atomic mass is 16.3. The van der Waals surface area contributed by atoms with Crippen LogP contribution in [0.1, 0.15) is 11.1 Å². The van der Waals surface area contributed by atoms with Crippen LogP contribution in [0, 0.1) is 5.41 Å². The molecule has 0 spiro atoms. The molecular weight excluding hydrogens is 474 g/mol. The fourth-order valence-corrected chi connectivity index (χ4v) is 5.69. The summed E-state index contributed by atoms with van der Waals surface area (Å²) in [6.07, 6.45) is 3.79. The maximum Gasteiger partial charge on any atom is 0.143 e. The Kier molecular flexibility index (Phi) is 5.45. The first-order chi connectivity index (χ1) is 19.2. The maximum absolute atomic E-state index is 9.22. The van der Waals surface area contributed by atoms with Gasteiger partial charge in [-0.25, -0.2) is 0 Å². The molecule has 0 radical (unpaired) electrons. The molecular formula is C37H25NO. The number of allylic oxidation sites excluding steroid dienone is 3. The quantitative estimate of drug-likeness (QED) is 0.143. The highest BCUT2D eigenvalue weighted by Crippen LogP contribution is 2.40. The first-order valence-corrected chi connectivity index (χ1v) is 13.1. The second kappa shape index (κ2) is 9.27. The van der Waals surface area contributed by atoms with Gasteiger partial charge < -0.3 is 9.83 Å². The van der Waals surface area contributed by atoms with Crippen molar-refractivity contribution in [2.75, 3.05) is 0 Å². The third kappa shape index (κ3) is 3.77. The normalized spacial score (nSPS) is 11.7. The van der Waals surface area contributed by atoms with Crippen molar-refractivity contribution >= 4 is 54.8 Å². The van der Waals surface area contributed by atoms with Gasteiger partial charge in [-0.2, -0.15) is 0 Å². The lowest BCUT2D eigenvalue weighted by Crippen LogP contribution is -2.00. The van der Waals surface area contributed by atoms with E-state index in [9.17, 15) is 5.41 Å². The van der Waals surface area contributed by atoms with E-state index in [2.05, 4.69) is 79.4 Å². The third-order valence-electron chi connectivity index (χ3n) is 7.46. The van der Waals surface area contributed by atoms with E-state index < -0.39 is 0 Å². The van der Waals surface area contributed by atoms with E-state index in [1.807, 2.05) is 60.7 Å². The average molecular weight is 500 g/mol. The Morgan fingerprint density at radius 1 is 0.564 bits per heavy atom. The van der Waals surface area contributed by atoms with Crippen LogP contribution in [0.3, 0.4) is 0 Å². The van der Waals surface area contributed by atoms with Crippen LogP contribution in [0.2, 0.25) is 0 Å². The molecule has 6 aromatic carbocycles. The van der Waals surface area contributed by atoms with Gasteiger partial charge in [-0.1, -0.05) is 128 Å². The molecule has 0 aliphatic rings. The van der Waals surface area contributed by atoms with E-state index in [-0.39, 0.29) is 0 Å². The lowest BCUT2D eigenvalue weighted by molar-refractivity contribution is 0.668. The van der Waals surface area contributed by atoms with Crippen LogP contribution in [-0.4, -0.2) is 5.71 Å². The second-order valence-electron chi connectivity index (χ2n) is 9.76. The van der Waals surface area contributed by atoms with Crippen LogP contribution in [-0.2, 0) is 0 Å². The fourth-order valence-electron chi connectivity index (χ4n) is 5.69. The maximum atomic E-state index is 9.22. The van der Waals surface area contributed by atoms with Gasteiger partial charge in [0.2, 0.25) is 0 Å². The summed E-state index contributed by atoms with van der Waals surface area (Å²) < 4.78 is 6.22. The molecule has 184 valence electrons. The number of hydrogen-bond donors (Lipinski definition) is 1. The van der Waals surface area contributed by atoms with Crippen molar-refractivity contribution < 1.29 is 4.42 Å². The van der Waals surface area contributed by atoms with Crippen molar-refractivity contribution in [3.8, 4) is 11.1 Å². The summed E-state index contributed by atoms with van der Waals surface area (Å²) in [5, 5.41) is 15.8. The first kappa shape index (κ1) is 22.9. The van der Waals surface area contributed by atoms with Crippen LogP contribution in [0.5, 0.6) is 0 Å². The molecule has 0 unspecified atom stereocenters. The number of hydrogen-bond acceptors (Lipinski definition) is 2. The zero-order valence-corrected chi connectivity index (χ0v) is 21.3.